The lowest BCUT2D eigenvalue weighted by molar-refractivity contribution is -0.151. The van der Waals surface area contributed by atoms with Gasteiger partial charge in [0.05, 0.1) is 36.4 Å². The smallest absolute Gasteiger partial charge is 0.433 e. The van der Waals surface area contributed by atoms with E-state index in [4.69, 9.17) is 9.47 Å². The fourth-order valence-corrected chi connectivity index (χ4v) is 3.47. The number of hydrogen-bond acceptors (Lipinski definition) is 6. The number of imidazole rings is 1. The Morgan fingerprint density at radius 3 is 2.44 bits per heavy atom. The standard InChI is InChI=1S/C23H25F3N4O4/c1-22(2,21(32)34-5)10-9-19-28-14-12-17(33-4)15(11-16(14)30(19)3)29-20(31)13-7-6-8-18(27-13)23(24,25)26/h6-8,11-12H,9-10H2,1-5H3,(H,29,31). The van der Waals surface area contributed by atoms with Gasteiger partial charge in [-0.2, -0.15) is 13.2 Å². The Labute approximate surface area is 194 Å². The molecule has 2 aromatic heterocycles. The number of halogens is 3. The highest BCUT2D eigenvalue weighted by molar-refractivity contribution is 6.04. The average molecular weight is 478 g/mol. The molecule has 3 aromatic rings. The van der Waals surface area contributed by atoms with E-state index >= 15 is 0 Å². The molecule has 0 atom stereocenters. The second kappa shape index (κ2) is 9.32. The van der Waals surface area contributed by atoms with E-state index in [1.54, 1.807) is 33.0 Å². The van der Waals surface area contributed by atoms with E-state index in [0.29, 0.717) is 29.7 Å². The van der Waals surface area contributed by atoms with Gasteiger partial charge in [-0.15, -0.1) is 0 Å². The first-order valence-corrected chi connectivity index (χ1v) is 10.3. The number of anilines is 1. The molecule has 1 aromatic carbocycles. The van der Waals surface area contributed by atoms with Gasteiger partial charge in [0.1, 0.15) is 23.0 Å². The summed E-state index contributed by atoms with van der Waals surface area (Å²) in [5.41, 5.74) is -0.716. The minimum absolute atomic E-state index is 0.253. The molecule has 0 radical (unpaired) electrons. The van der Waals surface area contributed by atoms with Crippen molar-refractivity contribution in [3.8, 4) is 5.75 Å². The minimum Gasteiger partial charge on any atom is -0.494 e. The predicted octanol–water partition coefficient (Wildman–Crippen LogP) is 4.38. The van der Waals surface area contributed by atoms with E-state index in [1.807, 2.05) is 4.57 Å². The highest BCUT2D eigenvalue weighted by atomic mass is 19.4. The number of benzene rings is 1. The van der Waals surface area contributed by atoms with Crippen LogP contribution in [0.2, 0.25) is 0 Å². The number of alkyl halides is 3. The largest absolute Gasteiger partial charge is 0.494 e. The number of carbonyl (C=O) groups is 2. The number of fused-ring (bicyclic) bond motifs is 1. The number of nitrogens with one attached hydrogen (secondary N) is 1. The third-order valence-corrected chi connectivity index (χ3v) is 5.53. The Kier molecular flexibility index (Phi) is 6.85. The number of nitrogens with zero attached hydrogens (tertiary/aromatic N) is 3. The fraction of sp³-hybridized carbons (Fsp3) is 0.391. The number of esters is 1. The van der Waals surface area contributed by atoms with Crippen LogP contribution in [0.5, 0.6) is 5.75 Å². The SMILES string of the molecule is COC(=O)C(C)(C)CCc1nc2cc(OC)c(NC(=O)c3cccc(C(F)(F)F)n3)cc2n1C. The van der Waals surface area contributed by atoms with Crippen molar-refractivity contribution < 1.29 is 32.2 Å². The fourth-order valence-electron chi connectivity index (χ4n) is 3.47. The lowest BCUT2D eigenvalue weighted by Crippen LogP contribution is -2.26. The van der Waals surface area contributed by atoms with Crippen LogP contribution in [-0.4, -0.2) is 40.6 Å². The Morgan fingerprint density at radius 2 is 1.82 bits per heavy atom. The van der Waals surface area contributed by atoms with Gasteiger partial charge in [-0.05, 0) is 38.5 Å². The molecule has 0 aliphatic heterocycles. The monoisotopic (exact) mass is 478 g/mol. The first-order chi connectivity index (χ1) is 15.9. The zero-order chi connectivity index (χ0) is 25.3. The summed E-state index contributed by atoms with van der Waals surface area (Å²) in [5, 5.41) is 2.57. The molecule has 11 heteroatoms. The van der Waals surface area contributed by atoms with Gasteiger partial charge in [-0.3, -0.25) is 9.59 Å². The van der Waals surface area contributed by atoms with Crippen LogP contribution in [0.3, 0.4) is 0 Å². The first-order valence-electron chi connectivity index (χ1n) is 10.3. The molecule has 0 fully saturated rings. The molecule has 0 saturated heterocycles. The van der Waals surface area contributed by atoms with Crippen molar-refractivity contribution >= 4 is 28.6 Å². The van der Waals surface area contributed by atoms with Crippen LogP contribution in [0.15, 0.2) is 30.3 Å². The van der Waals surface area contributed by atoms with Crippen LogP contribution in [0.1, 0.15) is 42.3 Å². The van der Waals surface area contributed by atoms with Crippen LogP contribution in [0.4, 0.5) is 18.9 Å². The number of amides is 1. The second-order valence-electron chi connectivity index (χ2n) is 8.36. The van der Waals surface area contributed by atoms with Gasteiger partial charge in [0.15, 0.2) is 0 Å². The lowest BCUT2D eigenvalue weighted by Gasteiger charge is -2.20. The van der Waals surface area contributed by atoms with Crippen LogP contribution < -0.4 is 10.1 Å². The number of aromatic nitrogens is 3. The van der Waals surface area contributed by atoms with Gasteiger partial charge in [-0.1, -0.05) is 6.07 Å². The maximum absolute atomic E-state index is 12.9. The number of aryl methyl sites for hydroxylation is 2. The molecule has 3 rings (SSSR count). The molecule has 34 heavy (non-hydrogen) atoms. The van der Waals surface area contributed by atoms with Crippen molar-refractivity contribution in [1.82, 2.24) is 14.5 Å². The molecule has 0 bridgehead atoms. The summed E-state index contributed by atoms with van der Waals surface area (Å²) in [5.74, 6) is -0.142. The van der Waals surface area contributed by atoms with Crippen LogP contribution in [0, 0.1) is 5.41 Å². The third kappa shape index (κ3) is 5.13. The highest BCUT2D eigenvalue weighted by Gasteiger charge is 2.33. The van der Waals surface area contributed by atoms with Gasteiger partial charge in [-0.25, -0.2) is 9.97 Å². The van der Waals surface area contributed by atoms with Gasteiger partial charge in [0.25, 0.3) is 5.91 Å². The van der Waals surface area contributed by atoms with Crippen molar-refractivity contribution in [1.29, 1.82) is 0 Å². The molecular formula is C23H25F3N4O4. The zero-order valence-electron chi connectivity index (χ0n) is 19.4. The van der Waals surface area contributed by atoms with Gasteiger partial charge < -0.3 is 19.4 Å². The molecule has 8 nitrogen and oxygen atoms in total. The van der Waals surface area contributed by atoms with E-state index in [9.17, 15) is 22.8 Å². The van der Waals surface area contributed by atoms with Crippen LogP contribution in [-0.2, 0) is 29.2 Å². The van der Waals surface area contributed by atoms with E-state index in [0.717, 1.165) is 12.1 Å². The van der Waals surface area contributed by atoms with Crippen LogP contribution in [0.25, 0.3) is 11.0 Å². The average Bonchev–Trinajstić information content (AvgIpc) is 3.10. The number of methoxy groups -OCH3 is 2. The van der Waals surface area contributed by atoms with Crippen molar-refractivity contribution in [3.05, 3.63) is 47.5 Å². The summed E-state index contributed by atoms with van der Waals surface area (Å²) in [6.45, 7) is 3.58. The number of pyridine rings is 1. The topological polar surface area (TPSA) is 95.3 Å². The molecule has 0 saturated carbocycles. The summed E-state index contributed by atoms with van der Waals surface area (Å²) < 4.78 is 50.9. The molecule has 1 amide bonds. The molecule has 182 valence electrons. The number of carbonyl (C=O) groups excluding carboxylic acids is 2. The molecule has 0 spiro atoms. The van der Waals surface area contributed by atoms with Crippen molar-refractivity contribution in [2.45, 2.75) is 32.9 Å². The summed E-state index contributed by atoms with van der Waals surface area (Å²) in [7, 11) is 4.54. The molecule has 0 aliphatic rings. The number of ether oxygens (including phenoxy) is 2. The number of hydrogen-bond donors (Lipinski definition) is 1. The minimum atomic E-state index is -4.67. The molecule has 0 aliphatic carbocycles. The third-order valence-electron chi connectivity index (χ3n) is 5.53. The van der Waals surface area contributed by atoms with E-state index in [1.165, 1.54) is 20.3 Å². The summed E-state index contributed by atoms with van der Waals surface area (Å²) >= 11 is 0. The Morgan fingerprint density at radius 1 is 1.12 bits per heavy atom. The first kappa shape index (κ1) is 25.0. The predicted molar refractivity (Wildman–Crippen MR) is 119 cm³/mol. The van der Waals surface area contributed by atoms with Gasteiger partial charge in [0, 0.05) is 19.5 Å². The van der Waals surface area contributed by atoms with Crippen molar-refractivity contribution in [2.75, 3.05) is 19.5 Å². The Hall–Kier alpha value is -3.63. The Bertz CT molecular complexity index is 1230. The van der Waals surface area contributed by atoms with Crippen molar-refractivity contribution in [2.24, 2.45) is 12.5 Å². The van der Waals surface area contributed by atoms with Gasteiger partial charge >= 0.3 is 12.1 Å². The lowest BCUT2D eigenvalue weighted by atomic mass is 9.88. The number of rotatable bonds is 7. The van der Waals surface area contributed by atoms with E-state index < -0.39 is 23.2 Å². The molecule has 0 unspecified atom stereocenters. The maximum Gasteiger partial charge on any atom is 0.433 e. The Balaban J connectivity index is 1.90. The summed E-state index contributed by atoms with van der Waals surface area (Å²) in [4.78, 5) is 32.6. The van der Waals surface area contributed by atoms with E-state index in [-0.39, 0.29) is 23.1 Å². The van der Waals surface area contributed by atoms with E-state index in [2.05, 4.69) is 15.3 Å². The second-order valence-corrected chi connectivity index (χ2v) is 8.36. The molecule has 2 heterocycles. The summed E-state index contributed by atoms with van der Waals surface area (Å²) in [6.07, 6.45) is -3.68. The molecule has 1 N–H and O–H groups in total. The maximum atomic E-state index is 12.9. The zero-order valence-corrected chi connectivity index (χ0v) is 19.4. The van der Waals surface area contributed by atoms with Crippen molar-refractivity contribution in [3.63, 3.8) is 0 Å². The highest BCUT2D eigenvalue weighted by Crippen LogP contribution is 2.32. The quantitative estimate of drug-likeness (QED) is 0.507. The summed E-state index contributed by atoms with van der Waals surface area (Å²) in [6, 6.07) is 6.36. The molecular weight excluding hydrogens is 453 g/mol. The normalized spacial score (nSPS) is 12.0. The van der Waals surface area contributed by atoms with Crippen LogP contribution >= 0.6 is 0 Å². The van der Waals surface area contributed by atoms with Gasteiger partial charge in [0.2, 0.25) is 0 Å².